The Morgan fingerprint density at radius 1 is 1.07 bits per heavy atom. The average molecular weight is 622 g/mol. The van der Waals surface area contributed by atoms with Crippen LogP contribution in [0.1, 0.15) is 33.1 Å². The number of benzene rings is 2. The van der Waals surface area contributed by atoms with Crippen molar-refractivity contribution in [1.29, 1.82) is 0 Å². The molecule has 0 aromatic heterocycles. The fourth-order valence-corrected chi connectivity index (χ4v) is 7.72. The Kier molecular flexibility index (Phi) is 9.20. The highest BCUT2D eigenvalue weighted by molar-refractivity contribution is 6.34. The van der Waals surface area contributed by atoms with E-state index in [0.717, 1.165) is 0 Å². The van der Waals surface area contributed by atoms with E-state index in [9.17, 15) is 19.5 Å². The molecule has 1 N–H and O–H groups in total. The molecule has 5 rings (SSSR count). The first-order valence-electron chi connectivity index (χ1n) is 15.2. The molecule has 3 aliphatic heterocycles. The summed E-state index contributed by atoms with van der Waals surface area (Å²) in [5.41, 5.74) is -1.06. The Morgan fingerprint density at radius 2 is 1.75 bits per heavy atom. The van der Waals surface area contributed by atoms with Gasteiger partial charge in [0.15, 0.2) is 0 Å². The summed E-state index contributed by atoms with van der Waals surface area (Å²) in [6, 6.07) is 13.2. The third-order valence-electron chi connectivity index (χ3n) is 9.28. The number of carbonyl (C=O) groups excluding carboxylic acids is 3. The largest absolute Gasteiger partial charge is 0.494 e. The number of nitrogens with zero attached hydrogens (tertiary/aromatic N) is 3. The van der Waals surface area contributed by atoms with Crippen LogP contribution in [0, 0.1) is 11.8 Å². The van der Waals surface area contributed by atoms with Gasteiger partial charge < -0.3 is 29.3 Å². The van der Waals surface area contributed by atoms with Crippen LogP contribution < -0.4 is 14.5 Å². The van der Waals surface area contributed by atoms with Crippen molar-refractivity contribution in [3.05, 3.63) is 78.9 Å². The molecule has 3 aliphatic rings. The molecule has 234 valence electrons. The maximum absolute atomic E-state index is 14.6. The molecule has 2 aromatic carbocycles. The Morgan fingerprint density at radius 3 is 2.36 bits per heavy atom. The highest BCUT2D eigenvalue weighted by Crippen LogP contribution is 2.64. The van der Waals surface area contributed by atoms with Gasteiger partial charge in [-0.2, -0.15) is 0 Å². The lowest BCUT2D eigenvalue weighted by Gasteiger charge is -2.37. The molecule has 3 saturated heterocycles. The third kappa shape index (κ3) is 5.01. The van der Waals surface area contributed by atoms with Crippen molar-refractivity contribution in [2.45, 2.75) is 50.4 Å². The van der Waals surface area contributed by atoms with Crippen molar-refractivity contribution in [3.63, 3.8) is 0 Å². The summed E-state index contributed by atoms with van der Waals surface area (Å²) in [5.74, 6) is -2.08. The quantitative estimate of drug-likeness (QED) is 0.328. The van der Waals surface area contributed by atoms with Crippen LogP contribution in [0.3, 0.4) is 0 Å². The zero-order valence-corrected chi connectivity index (χ0v) is 26.0. The van der Waals surface area contributed by atoms with E-state index in [2.05, 4.69) is 13.2 Å². The van der Waals surface area contributed by atoms with E-state index in [1.165, 1.54) is 9.80 Å². The number of ether oxygens (including phenoxy) is 2. The molecule has 44 heavy (non-hydrogen) atoms. The molecular formula is C34H40ClN3O6. The second kappa shape index (κ2) is 12.8. The Hall–Kier alpha value is -3.66. The number of aliphatic hydroxyl groups is 1. The first kappa shape index (κ1) is 31.8. The molecular weight excluding hydrogens is 582 g/mol. The third-order valence-corrected chi connectivity index (χ3v) is 9.60. The second-order valence-corrected chi connectivity index (χ2v) is 11.8. The zero-order valence-electron chi connectivity index (χ0n) is 25.3. The first-order valence-corrected chi connectivity index (χ1v) is 15.5. The second-order valence-electron chi connectivity index (χ2n) is 11.4. The molecule has 0 radical (unpaired) electrons. The molecule has 2 unspecified atom stereocenters. The monoisotopic (exact) mass is 621 g/mol. The minimum Gasteiger partial charge on any atom is -0.494 e. The van der Waals surface area contributed by atoms with Crippen LogP contribution in [0.4, 0.5) is 11.4 Å². The number of β-amino-alcohol motifs (C(OH)–C–C–N with tert-alkyl or cyclic N) is 1. The van der Waals surface area contributed by atoms with Gasteiger partial charge in [-0.25, -0.2) is 0 Å². The van der Waals surface area contributed by atoms with Gasteiger partial charge in [-0.05, 0) is 62.6 Å². The van der Waals surface area contributed by atoms with E-state index in [-0.39, 0.29) is 38.1 Å². The van der Waals surface area contributed by atoms with E-state index in [1.54, 1.807) is 53.5 Å². The van der Waals surface area contributed by atoms with E-state index < -0.39 is 35.0 Å². The average Bonchev–Trinajstić information content (AvgIpc) is 3.63. The standard InChI is InChI=1S/C34H40ClN3O6/c1-5-19-36(23-13-15-24(16-14-23)43-8-4)30(40)27-28-31(41)38(21-22-39)29(34(28)18-17-33(27,7-3)44-34)32(42)37(20-6-2)26-12-10-9-11-25(26)35/h5-6,9-16,27-29,39H,1-2,7-8,17-22H2,3-4H3/t27-,28+,29?,33+,34?/m1/s1. The molecule has 3 heterocycles. The molecule has 1 spiro atoms. The van der Waals surface area contributed by atoms with Crippen molar-refractivity contribution in [2.24, 2.45) is 11.8 Å². The molecule has 2 aromatic rings. The van der Waals surface area contributed by atoms with Gasteiger partial charge in [0.05, 0.1) is 41.4 Å². The van der Waals surface area contributed by atoms with Gasteiger partial charge in [0.2, 0.25) is 11.8 Å². The van der Waals surface area contributed by atoms with Gasteiger partial charge in [0.1, 0.15) is 17.4 Å². The first-order chi connectivity index (χ1) is 21.2. The van der Waals surface area contributed by atoms with Crippen LogP contribution in [0.15, 0.2) is 73.8 Å². The molecule has 3 fully saturated rings. The van der Waals surface area contributed by atoms with Crippen LogP contribution >= 0.6 is 11.6 Å². The lowest BCUT2D eigenvalue weighted by atomic mass is 9.64. The summed E-state index contributed by atoms with van der Waals surface area (Å²) in [6.45, 7) is 12.0. The number of hydrogen-bond acceptors (Lipinski definition) is 6. The van der Waals surface area contributed by atoms with Crippen molar-refractivity contribution in [3.8, 4) is 5.75 Å². The topological polar surface area (TPSA) is 99.6 Å². The van der Waals surface area contributed by atoms with Crippen LogP contribution in [0.5, 0.6) is 5.75 Å². The van der Waals surface area contributed by atoms with Gasteiger partial charge in [-0.3, -0.25) is 14.4 Å². The summed E-state index contributed by atoms with van der Waals surface area (Å²) in [7, 11) is 0. The Balaban J connectivity index is 1.58. The summed E-state index contributed by atoms with van der Waals surface area (Å²) in [6.07, 6.45) is 4.67. The Bertz CT molecular complexity index is 1430. The van der Waals surface area contributed by atoms with E-state index in [0.29, 0.717) is 48.0 Å². The predicted molar refractivity (Wildman–Crippen MR) is 170 cm³/mol. The number of anilines is 2. The van der Waals surface area contributed by atoms with Gasteiger partial charge >= 0.3 is 0 Å². The number of likely N-dealkylation sites (tertiary alicyclic amines) is 1. The van der Waals surface area contributed by atoms with Crippen molar-refractivity contribution >= 4 is 40.7 Å². The smallest absolute Gasteiger partial charge is 0.253 e. The number of hydrogen-bond donors (Lipinski definition) is 1. The van der Waals surface area contributed by atoms with Gasteiger partial charge in [-0.15, -0.1) is 13.2 Å². The van der Waals surface area contributed by atoms with Crippen molar-refractivity contribution in [2.75, 3.05) is 42.6 Å². The maximum Gasteiger partial charge on any atom is 0.253 e. The van der Waals surface area contributed by atoms with E-state index >= 15 is 0 Å². The zero-order chi connectivity index (χ0) is 31.6. The number of carbonyl (C=O) groups is 3. The maximum atomic E-state index is 14.6. The summed E-state index contributed by atoms with van der Waals surface area (Å²) >= 11 is 6.53. The number of rotatable bonds is 13. The SMILES string of the molecule is C=CCN(C(=O)[C@H]1[C@H]2C(=O)N(CCO)C(C(=O)N(CC=C)c3ccccc3Cl)C23CC[C@]1(CC)O3)c1ccc(OCC)cc1. The van der Waals surface area contributed by atoms with Crippen LogP contribution in [-0.2, 0) is 19.1 Å². The number of amides is 3. The lowest BCUT2D eigenvalue weighted by molar-refractivity contribution is -0.146. The molecule has 0 saturated carbocycles. The van der Waals surface area contributed by atoms with E-state index in [1.807, 2.05) is 26.0 Å². The van der Waals surface area contributed by atoms with Crippen molar-refractivity contribution in [1.82, 2.24) is 4.90 Å². The molecule has 10 heteroatoms. The van der Waals surface area contributed by atoms with Crippen LogP contribution in [0.25, 0.3) is 0 Å². The number of para-hydroxylation sites is 1. The van der Waals surface area contributed by atoms with Crippen molar-refractivity contribution < 1.29 is 29.0 Å². The summed E-state index contributed by atoms with van der Waals surface area (Å²) < 4.78 is 12.5. The van der Waals surface area contributed by atoms with Gasteiger partial charge in [0.25, 0.3) is 5.91 Å². The fourth-order valence-electron chi connectivity index (χ4n) is 7.48. The molecule has 2 bridgehead atoms. The minimum atomic E-state index is -1.25. The molecule has 3 amide bonds. The lowest BCUT2D eigenvalue weighted by Crippen LogP contribution is -2.57. The number of halogens is 1. The summed E-state index contributed by atoms with van der Waals surface area (Å²) in [5, 5.41) is 10.4. The normalized spacial score (nSPS) is 26.8. The minimum absolute atomic E-state index is 0.0728. The highest BCUT2D eigenvalue weighted by atomic mass is 35.5. The van der Waals surface area contributed by atoms with Crippen LogP contribution in [-0.4, -0.2) is 77.8 Å². The molecule has 9 nitrogen and oxygen atoms in total. The summed E-state index contributed by atoms with van der Waals surface area (Å²) in [4.78, 5) is 48.2. The number of fused-ring (bicyclic) bond motifs is 1. The molecule has 0 aliphatic carbocycles. The highest BCUT2D eigenvalue weighted by Gasteiger charge is 2.79. The molecule has 5 atom stereocenters. The van der Waals surface area contributed by atoms with Crippen LogP contribution in [0.2, 0.25) is 5.02 Å². The van der Waals surface area contributed by atoms with Gasteiger partial charge in [0, 0.05) is 25.3 Å². The van der Waals surface area contributed by atoms with Gasteiger partial charge in [-0.1, -0.05) is 42.8 Å². The Labute approximate surface area is 263 Å². The number of aliphatic hydroxyl groups excluding tert-OH is 1. The predicted octanol–water partition coefficient (Wildman–Crippen LogP) is 4.62. The van der Waals surface area contributed by atoms with E-state index in [4.69, 9.17) is 21.1 Å². The fraction of sp³-hybridized carbons (Fsp3) is 0.441.